The molecule has 0 N–H and O–H groups in total. The third-order valence-corrected chi connectivity index (χ3v) is 98.2. The van der Waals surface area contributed by atoms with Gasteiger partial charge < -0.3 is 0 Å². The zero-order valence-corrected chi connectivity index (χ0v) is 36.4. The summed E-state index contributed by atoms with van der Waals surface area (Å²) in [6.07, 6.45) is 8.72. The van der Waals surface area contributed by atoms with E-state index in [1.807, 2.05) is 5.20 Å². The second-order valence-corrected chi connectivity index (χ2v) is 81.8. The summed E-state index contributed by atoms with van der Waals surface area (Å²) in [5.74, 6) is 0. The lowest BCUT2D eigenvalue weighted by Crippen LogP contribution is -2.83. The fourth-order valence-corrected chi connectivity index (χ4v) is 133. The Morgan fingerprint density at radius 3 is 0.857 bits per heavy atom. The highest BCUT2D eigenvalue weighted by atomic mass is 29.9. The number of hydrogen-bond donors (Lipinski definition) is 0. The Labute approximate surface area is 231 Å². The molecule has 0 saturated carbocycles. The Morgan fingerprint density at radius 2 is 0.657 bits per heavy atom. The van der Waals surface area contributed by atoms with Gasteiger partial charge in [-0.3, -0.25) is 0 Å². The normalized spacial score (nSPS) is 16.7. The lowest BCUT2D eigenvalue weighted by atomic mass is 10.4. The van der Waals surface area contributed by atoms with Crippen molar-refractivity contribution >= 4 is 61.7 Å². The fraction of sp³-hybridized carbons (Fsp3) is 0.852. The van der Waals surface area contributed by atoms with Crippen molar-refractivity contribution in [3.05, 3.63) is 23.4 Å². The lowest BCUT2D eigenvalue weighted by molar-refractivity contribution is 1.28. The molecule has 208 valence electrons. The highest BCUT2D eigenvalue weighted by Crippen LogP contribution is 2.46. The van der Waals surface area contributed by atoms with Gasteiger partial charge in [-0.1, -0.05) is 161 Å². The molecule has 0 bridgehead atoms. The zero-order chi connectivity index (χ0) is 28.9. The highest BCUT2D eigenvalue weighted by Gasteiger charge is 2.63. The molecule has 0 aromatic rings. The van der Waals surface area contributed by atoms with Gasteiger partial charge in [-0.25, -0.2) is 0 Å². The minimum absolute atomic E-state index is 0.840. The lowest BCUT2D eigenvalue weighted by Gasteiger charge is -2.59. The quantitative estimate of drug-likeness (QED) is 0.160. The topological polar surface area (TPSA) is 0 Å². The molecule has 0 aliphatic carbocycles. The maximum absolute atomic E-state index is 3.03. The summed E-state index contributed by atoms with van der Waals surface area (Å²) in [5.41, 5.74) is 0. The van der Waals surface area contributed by atoms with Crippen molar-refractivity contribution in [2.75, 3.05) is 0 Å². The molecule has 8 heteroatoms. The summed E-state index contributed by atoms with van der Waals surface area (Å²) in [6.45, 7) is 55.0. The van der Waals surface area contributed by atoms with Crippen molar-refractivity contribution in [1.29, 1.82) is 0 Å². The van der Waals surface area contributed by atoms with Gasteiger partial charge >= 0.3 is 0 Å². The van der Waals surface area contributed by atoms with Gasteiger partial charge in [0.1, 0.15) is 0 Å². The molecule has 0 aliphatic heterocycles. The predicted octanol–water partition coefficient (Wildman–Crippen LogP) is 10.9. The third-order valence-electron chi connectivity index (χ3n) is 8.35. The fourth-order valence-electron chi connectivity index (χ4n) is 9.03. The van der Waals surface area contributed by atoms with E-state index in [1.165, 1.54) is 0 Å². The van der Waals surface area contributed by atoms with Crippen LogP contribution in [0.25, 0.3) is 0 Å². The Kier molecular flexibility index (Phi) is 11.4. The van der Waals surface area contributed by atoms with Crippen LogP contribution in [0, 0.1) is 0 Å². The molecule has 0 heterocycles. The Balaban J connectivity index is 7.92. The monoisotopic (exact) mass is 616 g/mol. The van der Waals surface area contributed by atoms with Gasteiger partial charge in [0.25, 0.3) is 0 Å². The van der Waals surface area contributed by atoms with Crippen LogP contribution in [0.2, 0.25) is 148 Å². The SMILES string of the molecule is C[Si](C)(C)C(/C=C/C(=C\C([Si](C)(C)C)[Si](C)(C)C)[Si]([Si](C)(C)C)([Si](C)(C)C)[Si](C)(C)C)[Si](C)(C)C. The first-order valence-corrected chi connectivity index (χ1v) is 44.0. The second kappa shape index (κ2) is 11.0. The average Bonchev–Trinajstić information content (AvgIpc) is 2.42. The predicted molar refractivity (Wildman–Crippen MR) is 194 cm³/mol. The van der Waals surface area contributed by atoms with Crippen molar-refractivity contribution in [3.63, 3.8) is 0 Å². The Bertz CT molecular complexity index is 697. The number of allylic oxidation sites excluding steroid dienone is 4. The van der Waals surface area contributed by atoms with Crippen LogP contribution in [0.4, 0.5) is 0 Å². The van der Waals surface area contributed by atoms with Gasteiger partial charge in [0.05, 0.1) is 6.63 Å². The molecule has 0 saturated heterocycles. The van der Waals surface area contributed by atoms with Crippen LogP contribution >= 0.6 is 0 Å². The second-order valence-electron chi connectivity index (χ2n) is 18.9. The molecule has 35 heavy (non-hydrogen) atoms. The van der Waals surface area contributed by atoms with Gasteiger partial charge in [-0.15, -0.1) is 0 Å². The van der Waals surface area contributed by atoms with E-state index in [0.29, 0.717) is 0 Å². The summed E-state index contributed by atoms with van der Waals surface area (Å²) in [5, 5.41) is 3.65. The Hall–Kier alpha value is 1.22. The van der Waals surface area contributed by atoms with Crippen molar-refractivity contribution < 1.29 is 0 Å². The molecule has 0 unspecified atom stereocenters. The van der Waals surface area contributed by atoms with Crippen LogP contribution in [-0.2, 0) is 0 Å². The van der Waals surface area contributed by atoms with E-state index < -0.39 is 61.7 Å². The molecule has 0 aromatic heterocycles. The van der Waals surface area contributed by atoms with E-state index in [2.05, 4.69) is 156 Å². The molecule has 0 fully saturated rings. The first-order chi connectivity index (χ1) is 14.8. The van der Waals surface area contributed by atoms with E-state index in [-0.39, 0.29) is 0 Å². The first kappa shape index (κ1) is 36.2. The summed E-state index contributed by atoms with van der Waals surface area (Å²) < 4.78 is 0. The van der Waals surface area contributed by atoms with E-state index in [1.54, 1.807) is 0 Å². The van der Waals surface area contributed by atoms with E-state index in [4.69, 9.17) is 0 Å². The van der Waals surface area contributed by atoms with E-state index in [0.717, 1.165) is 10.3 Å². The number of rotatable bonds is 11. The summed E-state index contributed by atoms with van der Waals surface area (Å²) in [7, 11) is -9.50. The largest absolute Gasteiger partial charge is 0.0883 e. The van der Waals surface area contributed by atoms with Crippen LogP contribution in [0.1, 0.15) is 0 Å². The Morgan fingerprint density at radius 1 is 0.400 bits per heavy atom. The van der Waals surface area contributed by atoms with Crippen molar-refractivity contribution in [2.24, 2.45) is 0 Å². The standard InChI is InChI=1S/C27H68Si8/c1-28(2,3)26(29(4,5)6)23-22-25(24-27(30(7,8)9)31(10,11)12)35(32(13,14)15,33(16,17)18)34(19,20)21/h22-24,26-27H,1-21H3/b23-22+,25-24+. The van der Waals surface area contributed by atoms with Crippen molar-refractivity contribution in [2.45, 2.75) is 148 Å². The van der Waals surface area contributed by atoms with Crippen LogP contribution in [-0.4, -0.2) is 61.7 Å². The molecule has 0 spiro atoms. The van der Waals surface area contributed by atoms with E-state index in [9.17, 15) is 0 Å². The van der Waals surface area contributed by atoms with Gasteiger partial charge in [0.2, 0.25) is 0 Å². The van der Waals surface area contributed by atoms with Crippen LogP contribution < -0.4 is 0 Å². The van der Waals surface area contributed by atoms with Gasteiger partial charge in [-0.05, 0) is 10.3 Å². The van der Waals surface area contributed by atoms with E-state index >= 15 is 0 Å². The first-order valence-electron chi connectivity index (χ1n) is 14.2. The minimum atomic E-state index is -1.67. The molecule has 0 atom stereocenters. The third kappa shape index (κ3) is 8.60. The highest BCUT2D eigenvalue weighted by molar-refractivity contribution is 7.91. The molecule has 0 nitrogen and oxygen atoms in total. The summed E-state index contributed by atoms with van der Waals surface area (Å²) in [4.78, 5) is 0. The molecule has 0 aromatic carbocycles. The van der Waals surface area contributed by atoms with Gasteiger partial charge in [-0.2, -0.15) is 0 Å². The summed E-state index contributed by atoms with van der Waals surface area (Å²) in [6, 6.07) is 0. The van der Waals surface area contributed by atoms with Crippen LogP contribution in [0.15, 0.2) is 23.4 Å². The average molecular weight is 618 g/mol. The molecule has 0 aliphatic rings. The molecular weight excluding hydrogens is 549 g/mol. The zero-order valence-electron chi connectivity index (χ0n) is 28.4. The minimum Gasteiger partial charge on any atom is -0.0883 e. The maximum Gasteiger partial charge on any atom is 0.0681 e. The van der Waals surface area contributed by atoms with Crippen LogP contribution in [0.5, 0.6) is 0 Å². The molecule has 0 rings (SSSR count). The van der Waals surface area contributed by atoms with Crippen molar-refractivity contribution in [1.82, 2.24) is 0 Å². The van der Waals surface area contributed by atoms with Crippen LogP contribution in [0.3, 0.4) is 0 Å². The van der Waals surface area contributed by atoms with Crippen molar-refractivity contribution in [3.8, 4) is 0 Å². The maximum atomic E-state index is 3.03. The summed E-state index contributed by atoms with van der Waals surface area (Å²) >= 11 is 0. The number of hydrogen-bond acceptors (Lipinski definition) is 0. The molecule has 0 amide bonds. The van der Waals surface area contributed by atoms with Gasteiger partial charge in [0, 0.05) is 55.1 Å². The smallest absolute Gasteiger partial charge is 0.0681 e. The molecular formula is C27H68Si8. The molecule has 0 radical (unpaired) electrons. The van der Waals surface area contributed by atoms with Gasteiger partial charge in [0.15, 0.2) is 0 Å².